The second-order valence-corrected chi connectivity index (χ2v) is 4.53. The molecule has 0 radical (unpaired) electrons. The Morgan fingerprint density at radius 3 is 2.38 bits per heavy atom. The average Bonchev–Trinajstić information content (AvgIpc) is 2.45. The molecule has 21 heavy (non-hydrogen) atoms. The van der Waals surface area contributed by atoms with E-state index in [0.717, 1.165) is 10.1 Å². The Morgan fingerprint density at radius 2 is 1.81 bits per heavy atom. The Hall–Kier alpha value is -2.25. The molecule has 0 aliphatic carbocycles. The molecule has 1 unspecified atom stereocenters. The summed E-state index contributed by atoms with van der Waals surface area (Å²) >= 11 is 0. The van der Waals surface area contributed by atoms with Gasteiger partial charge in [0.2, 0.25) is 0 Å². The van der Waals surface area contributed by atoms with Gasteiger partial charge in [-0.1, -0.05) is 12.1 Å². The van der Waals surface area contributed by atoms with Gasteiger partial charge in [-0.05, 0) is 32.9 Å². The third kappa shape index (κ3) is 2.79. The van der Waals surface area contributed by atoms with Gasteiger partial charge in [-0.15, -0.1) is 0 Å². The summed E-state index contributed by atoms with van der Waals surface area (Å²) in [6.45, 7) is 5.06. The van der Waals surface area contributed by atoms with Crippen LogP contribution in [0.3, 0.4) is 0 Å². The summed E-state index contributed by atoms with van der Waals surface area (Å²) in [5, 5.41) is 22.3. The monoisotopic (exact) mass is 294 g/mol. The first-order valence-corrected chi connectivity index (χ1v) is 6.58. The number of rotatable bonds is 3. The van der Waals surface area contributed by atoms with Crippen molar-refractivity contribution in [1.82, 2.24) is 0 Å². The minimum atomic E-state index is -0.831. The van der Waals surface area contributed by atoms with Crippen LogP contribution in [0.15, 0.2) is 35.7 Å². The van der Waals surface area contributed by atoms with E-state index in [4.69, 9.17) is 9.47 Å². The Balaban J connectivity index is 2.31. The number of carbonyl (C=O) groups excluding carboxylic acids is 1. The van der Waals surface area contributed by atoms with Crippen LogP contribution in [0.2, 0.25) is 0 Å². The van der Waals surface area contributed by atoms with Gasteiger partial charge in [0.15, 0.2) is 0 Å². The standard InChI is InChI=1S/C14H18N2O5/c1-4-20-14(17)21-10(3)13-9(2)15(18)11-7-5-6-8-12(11)16(13)19/h5-8,10,18-19H,4H2,1-3H3. The average molecular weight is 294 g/mol. The first-order valence-electron chi connectivity index (χ1n) is 6.58. The maximum absolute atomic E-state index is 11.4. The Kier molecular flexibility index (Phi) is 4.35. The smallest absolute Gasteiger partial charge is 0.435 e. The minimum absolute atomic E-state index is 0.196. The lowest BCUT2D eigenvalue weighted by Gasteiger charge is -2.36. The van der Waals surface area contributed by atoms with E-state index in [1.165, 1.54) is 0 Å². The fourth-order valence-electron chi connectivity index (χ4n) is 2.21. The van der Waals surface area contributed by atoms with Crippen LogP contribution in [0.5, 0.6) is 0 Å². The van der Waals surface area contributed by atoms with E-state index < -0.39 is 12.3 Å². The molecule has 1 heterocycles. The lowest BCUT2D eigenvalue weighted by atomic mass is 10.1. The van der Waals surface area contributed by atoms with Gasteiger partial charge in [0, 0.05) is 0 Å². The molecular weight excluding hydrogens is 276 g/mol. The molecule has 2 rings (SSSR count). The Bertz CT molecular complexity index is 572. The minimum Gasteiger partial charge on any atom is -0.435 e. The molecule has 1 aromatic carbocycles. The topological polar surface area (TPSA) is 82.5 Å². The van der Waals surface area contributed by atoms with Gasteiger partial charge < -0.3 is 9.47 Å². The van der Waals surface area contributed by atoms with Crippen LogP contribution in [-0.2, 0) is 9.47 Å². The molecule has 1 aliphatic heterocycles. The molecule has 7 nitrogen and oxygen atoms in total. The Labute approximate surface area is 122 Å². The summed E-state index contributed by atoms with van der Waals surface area (Å²) in [6.07, 6.45) is -1.63. The molecule has 0 amide bonds. The van der Waals surface area contributed by atoms with Crippen LogP contribution >= 0.6 is 0 Å². The predicted molar refractivity (Wildman–Crippen MR) is 75.2 cm³/mol. The van der Waals surface area contributed by atoms with Crippen molar-refractivity contribution in [2.45, 2.75) is 26.9 Å². The third-order valence-electron chi connectivity index (χ3n) is 3.17. The molecule has 1 aliphatic rings. The van der Waals surface area contributed by atoms with E-state index in [1.54, 1.807) is 45.0 Å². The predicted octanol–water partition coefficient (Wildman–Crippen LogP) is 2.88. The van der Waals surface area contributed by atoms with Gasteiger partial charge in [-0.25, -0.2) is 14.9 Å². The summed E-state index contributed by atoms with van der Waals surface area (Å²) in [5.74, 6) is 0. The van der Waals surface area contributed by atoms with Crippen molar-refractivity contribution in [3.05, 3.63) is 35.7 Å². The normalized spacial score (nSPS) is 15.7. The molecule has 7 heteroatoms. The van der Waals surface area contributed by atoms with E-state index in [-0.39, 0.29) is 12.3 Å². The zero-order valence-electron chi connectivity index (χ0n) is 12.1. The van der Waals surface area contributed by atoms with Crippen LogP contribution in [0.25, 0.3) is 0 Å². The van der Waals surface area contributed by atoms with Gasteiger partial charge in [0.1, 0.15) is 11.8 Å². The SMILES string of the molecule is CCOC(=O)OC(C)C1=C(C)N(O)c2ccccc2N1O. The van der Waals surface area contributed by atoms with E-state index in [0.29, 0.717) is 17.1 Å². The van der Waals surface area contributed by atoms with Crippen molar-refractivity contribution in [3.8, 4) is 0 Å². The fourth-order valence-corrected chi connectivity index (χ4v) is 2.21. The lowest BCUT2D eigenvalue weighted by Crippen LogP contribution is -2.38. The largest absolute Gasteiger partial charge is 0.508 e. The second-order valence-electron chi connectivity index (χ2n) is 4.53. The van der Waals surface area contributed by atoms with Crippen molar-refractivity contribution in [2.75, 3.05) is 16.7 Å². The summed E-state index contributed by atoms with van der Waals surface area (Å²) in [5.41, 5.74) is 1.43. The van der Waals surface area contributed by atoms with Gasteiger partial charge >= 0.3 is 6.16 Å². The number of fused-ring (bicyclic) bond motifs is 1. The second kappa shape index (κ2) is 6.02. The first kappa shape index (κ1) is 15.1. The fraction of sp³-hybridized carbons (Fsp3) is 0.357. The van der Waals surface area contributed by atoms with Crippen LogP contribution in [0, 0.1) is 0 Å². The highest BCUT2D eigenvalue weighted by molar-refractivity contribution is 5.76. The highest BCUT2D eigenvalue weighted by Gasteiger charge is 2.32. The highest BCUT2D eigenvalue weighted by Crippen LogP contribution is 2.38. The van der Waals surface area contributed by atoms with Crippen molar-refractivity contribution >= 4 is 17.5 Å². The molecule has 1 aromatic rings. The number of para-hydroxylation sites is 2. The number of anilines is 2. The van der Waals surface area contributed by atoms with E-state index in [1.807, 2.05) is 0 Å². The van der Waals surface area contributed by atoms with E-state index >= 15 is 0 Å². The van der Waals surface area contributed by atoms with Gasteiger partial charge in [-0.3, -0.25) is 10.4 Å². The molecule has 0 aromatic heterocycles. The van der Waals surface area contributed by atoms with Crippen LogP contribution in [-0.4, -0.2) is 29.3 Å². The summed E-state index contributed by atoms with van der Waals surface area (Å²) in [6, 6.07) is 6.77. The van der Waals surface area contributed by atoms with Gasteiger partial charge in [-0.2, -0.15) is 0 Å². The number of hydrogen-bond acceptors (Lipinski definition) is 7. The molecule has 0 fully saturated rings. The molecule has 1 atom stereocenters. The van der Waals surface area contributed by atoms with Gasteiger partial charge in [0.25, 0.3) is 0 Å². The number of nitrogens with zero attached hydrogens (tertiary/aromatic N) is 2. The zero-order chi connectivity index (χ0) is 15.6. The van der Waals surface area contributed by atoms with Crippen molar-refractivity contribution in [2.24, 2.45) is 0 Å². The number of hydroxylamine groups is 2. The van der Waals surface area contributed by atoms with Crippen molar-refractivity contribution in [3.63, 3.8) is 0 Å². The van der Waals surface area contributed by atoms with Crippen LogP contribution in [0.1, 0.15) is 20.8 Å². The number of hydrogen-bond donors (Lipinski definition) is 2. The Morgan fingerprint density at radius 1 is 1.24 bits per heavy atom. The van der Waals surface area contributed by atoms with Crippen molar-refractivity contribution < 1.29 is 24.7 Å². The lowest BCUT2D eigenvalue weighted by molar-refractivity contribution is 0.0373. The molecule has 0 saturated heterocycles. The van der Waals surface area contributed by atoms with E-state index in [2.05, 4.69) is 0 Å². The summed E-state index contributed by atoms with van der Waals surface area (Å²) in [7, 11) is 0. The third-order valence-corrected chi connectivity index (χ3v) is 3.17. The molecule has 114 valence electrons. The van der Waals surface area contributed by atoms with Crippen LogP contribution in [0.4, 0.5) is 16.2 Å². The van der Waals surface area contributed by atoms with Crippen LogP contribution < -0.4 is 10.1 Å². The summed E-state index contributed by atoms with van der Waals surface area (Å²) in [4.78, 5) is 11.4. The molecule has 2 N–H and O–H groups in total. The van der Waals surface area contributed by atoms with Gasteiger partial charge in [0.05, 0.1) is 23.7 Å². The zero-order valence-corrected chi connectivity index (χ0v) is 12.1. The van der Waals surface area contributed by atoms with Crippen molar-refractivity contribution in [1.29, 1.82) is 0 Å². The maximum atomic E-state index is 11.4. The van der Waals surface area contributed by atoms with E-state index in [9.17, 15) is 15.2 Å². The first-order chi connectivity index (χ1) is 9.97. The number of carbonyl (C=O) groups is 1. The quantitative estimate of drug-likeness (QED) is 0.829. The molecule has 0 bridgehead atoms. The maximum Gasteiger partial charge on any atom is 0.508 e. The number of ether oxygens (including phenoxy) is 2. The molecule has 0 saturated carbocycles. The highest BCUT2D eigenvalue weighted by atomic mass is 16.7. The number of benzene rings is 1. The molecule has 0 spiro atoms. The summed E-state index contributed by atoms with van der Waals surface area (Å²) < 4.78 is 9.79. The number of allylic oxidation sites excluding steroid dienone is 1. The molecular formula is C14H18N2O5.